The molecule has 2 unspecified atom stereocenters. The highest BCUT2D eigenvalue weighted by Crippen LogP contribution is 2.59. The molecule has 4 heteroatoms. The highest BCUT2D eigenvalue weighted by Gasteiger charge is 2.45. The largest absolute Gasteiger partial charge is 0.373 e. The second-order valence-corrected chi connectivity index (χ2v) is 8.54. The second-order valence-electron chi connectivity index (χ2n) is 5.54. The maximum absolute atomic E-state index is 8.86. The average molecular weight is 293 g/mol. The minimum atomic E-state index is 0.105. The number of ether oxygens (including phenoxy) is 1. The Morgan fingerprint density at radius 3 is 2.42 bits per heavy atom. The van der Waals surface area contributed by atoms with Gasteiger partial charge in [-0.25, -0.2) is 0 Å². The van der Waals surface area contributed by atoms with Gasteiger partial charge in [-0.2, -0.15) is 5.26 Å². The highest BCUT2D eigenvalue weighted by molar-refractivity contribution is 8.77. The third-order valence-electron chi connectivity index (χ3n) is 3.11. The number of hydrogen-bond donors (Lipinski definition) is 0. The first-order valence-electron chi connectivity index (χ1n) is 6.44. The van der Waals surface area contributed by atoms with E-state index in [-0.39, 0.29) is 17.0 Å². The van der Waals surface area contributed by atoms with Crippen LogP contribution in [0.5, 0.6) is 0 Å². The third kappa shape index (κ3) is 3.28. The van der Waals surface area contributed by atoms with Crippen molar-refractivity contribution in [2.45, 2.75) is 49.9 Å². The lowest BCUT2D eigenvalue weighted by Gasteiger charge is -2.30. The maximum Gasteiger partial charge on any atom is 0.0991 e. The van der Waals surface area contributed by atoms with Crippen LogP contribution < -0.4 is 0 Å². The molecule has 1 aromatic rings. The zero-order chi connectivity index (χ0) is 14.0. The van der Waals surface area contributed by atoms with Crippen molar-refractivity contribution < 1.29 is 4.74 Å². The van der Waals surface area contributed by atoms with Crippen LogP contribution in [0.1, 0.15) is 44.1 Å². The van der Waals surface area contributed by atoms with E-state index in [0.717, 1.165) is 0 Å². The van der Waals surface area contributed by atoms with Crippen molar-refractivity contribution >= 4 is 21.6 Å². The van der Waals surface area contributed by atoms with Crippen molar-refractivity contribution in [3.05, 3.63) is 35.4 Å². The predicted octanol–water partition coefficient (Wildman–Crippen LogP) is 4.57. The summed E-state index contributed by atoms with van der Waals surface area (Å²) in [5.41, 5.74) is 1.95. The van der Waals surface area contributed by atoms with Gasteiger partial charge < -0.3 is 4.74 Å². The zero-order valence-corrected chi connectivity index (χ0v) is 13.3. The second kappa shape index (κ2) is 5.78. The quantitative estimate of drug-likeness (QED) is 0.764. The van der Waals surface area contributed by atoms with E-state index in [9.17, 15) is 0 Å². The summed E-state index contributed by atoms with van der Waals surface area (Å²) in [6.07, 6.45) is 0.417. The first-order chi connectivity index (χ1) is 8.94. The van der Waals surface area contributed by atoms with Gasteiger partial charge in [0, 0.05) is 4.75 Å². The first kappa shape index (κ1) is 14.8. The predicted molar refractivity (Wildman–Crippen MR) is 83.2 cm³/mol. The van der Waals surface area contributed by atoms with Gasteiger partial charge in [-0.05, 0) is 45.4 Å². The molecule has 0 bridgehead atoms. The Bertz CT molecular complexity index is 476. The highest BCUT2D eigenvalue weighted by atomic mass is 33.1. The average Bonchev–Trinajstić information content (AvgIpc) is 2.65. The van der Waals surface area contributed by atoms with Crippen molar-refractivity contribution in [3.8, 4) is 6.07 Å². The molecule has 2 nitrogen and oxygen atoms in total. The van der Waals surface area contributed by atoms with Crippen LogP contribution in [-0.4, -0.2) is 17.0 Å². The van der Waals surface area contributed by atoms with E-state index in [1.807, 2.05) is 33.7 Å². The lowest BCUT2D eigenvalue weighted by Crippen LogP contribution is -2.36. The lowest BCUT2D eigenvalue weighted by molar-refractivity contribution is -0.00757. The molecule has 0 radical (unpaired) electrons. The van der Waals surface area contributed by atoms with Gasteiger partial charge in [0.25, 0.3) is 0 Å². The van der Waals surface area contributed by atoms with Gasteiger partial charge in [-0.3, -0.25) is 0 Å². The van der Waals surface area contributed by atoms with Gasteiger partial charge in [0.15, 0.2) is 0 Å². The van der Waals surface area contributed by atoms with Crippen LogP contribution in [0.4, 0.5) is 0 Å². The molecule has 0 spiro atoms. The van der Waals surface area contributed by atoms with Crippen molar-refractivity contribution in [2.24, 2.45) is 0 Å². The minimum Gasteiger partial charge on any atom is -0.373 e. The van der Waals surface area contributed by atoms with E-state index in [0.29, 0.717) is 10.8 Å². The smallest absolute Gasteiger partial charge is 0.0991 e. The topological polar surface area (TPSA) is 33.0 Å². The summed E-state index contributed by atoms with van der Waals surface area (Å²) < 4.78 is 6.25. The van der Waals surface area contributed by atoms with E-state index in [4.69, 9.17) is 10.00 Å². The number of nitrogens with zero attached hydrogens (tertiary/aromatic N) is 1. The molecule has 1 heterocycles. The summed E-state index contributed by atoms with van der Waals surface area (Å²) in [6.45, 7) is 8.64. The normalized spacial score (nSPS) is 25.5. The molecule has 1 aliphatic heterocycles. The molecule has 1 saturated heterocycles. The van der Waals surface area contributed by atoms with E-state index in [2.05, 4.69) is 45.9 Å². The molecule has 2 rings (SSSR count). The Labute approximate surface area is 123 Å². The zero-order valence-electron chi connectivity index (χ0n) is 11.7. The molecular formula is C15H19NOS2. The number of hydrogen-bond acceptors (Lipinski definition) is 4. The lowest BCUT2D eigenvalue weighted by atomic mass is 9.96. The molecule has 2 atom stereocenters. The van der Waals surface area contributed by atoms with E-state index >= 15 is 0 Å². The van der Waals surface area contributed by atoms with Crippen LogP contribution >= 0.6 is 21.6 Å². The Balaban J connectivity index is 2.24. The van der Waals surface area contributed by atoms with Crippen LogP contribution in [0.3, 0.4) is 0 Å². The molecule has 19 heavy (non-hydrogen) atoms. The fourth-order valence-electron chi connectivity index (χ4n) is 2.14. The molecule has 0 aliphatic carbocycles. The molecule has 0 saturated carbocycles. The standard InChI is InChI=1S/C15H19NOS2/c1-10(2)17-14-13(18-19-15(14,3)4)12-7-5-11(9-16)6-8-12/h5-8,10,13-14H,1-4H3. The molecule has 1 fully saturated rings. The number of nitriles is 1. The Kier molecular flexibility index (Phi) is 4.50. The molecular weight excluding hydrogens is 274 g/mol. The van der Waals surface area contributed by atoms with Gasteiger partial charge in [0.05, 0.1) is 29.1 Å². The minimum absolute atomic E-state index is 0.105. The molecule has 1 aromatic carbocycles. The van der Waals surface area contributed by atoms with Gasteiger partial charge in [0.1, 0.15) is 0 Å². The van der Waals surface area contributed by atoms with Crippen molar-refractivity contribution in [1.29, 1.82) is 5.26 Å². The number of benzene rings is 1. The van der Waals surface area contributed by atoms with Gasteiger partial charge >= 0.3 is 0 Å². The van der Waals surface area contributed by atoms with Gasteiger partial charge in [-0.15, -0.1) is 0 Å². The number of rotatable bonds is 3. The van der Waals surface area contributed by atoms with Gasteiger partial charge in [0.2, 0.25) is 0 Å². The third-order valence-corrected chi connectivity index (χ3v) is 6.80. The SMILES string of the molecule is CC(C)OC1C(c2ccc(C#N)cc2)SSC1(C)C. The van der Waals surface area contributed by atoms with E-state index in [1.54, 1.807) is 0 Å². The fraction of sp³-hybridized carbons (Fsp3) is 0.533. The van der Waals surface area contributed by atoms with Crippen molar-refractivity contribution in [2.75, 3.05) is 0 Å². The molecule has 0 aromatic heterocycles. The monoisotopic (exact) mass is 293 g/mol. The molecule has 102 valence electrons. The Hall–Kier alpha value is -0.630. The first-order valence-corrected chi connectivity index (χ1v) is 8.65. The molecule has 0 amide bonds. The summed E-state index contributed by atoms with van der Waals surface area (Å²) >= 11 is 0. The summed E-state index contributed by atoms with van der Waals surface area (Å²) in [4.78, 5) is 0. The van der Waals surface area contributed by atoms with Crippen molar-refractivity contribution in [3.63, 3.8) is 0 Å². The summed E-state index contributed by atoms with van der Waals surface area (Å²) in [7, 11) is 3.76. The summed E-state index contributed by atoms with van der Waals surface area (Å²) in [6, 6.07) is 10.0. The maximum atomic E-state index is 8.86. The van der Waals surface area contributed by atoms with Gasteiger partial charge in [-0.1, -0.05) is 33.7 Å². The fourth-order valence-corrected chi connectivity index (χ4v) is 5.62. The van der Waals surface area contributed by atoms with E-state index in [1.165, 1.54) is 5.56 Å². The molecule has 1 aliphatic rings. The summed E-state index contributed by atoms with van der Waals surface area (Å²) in [5, 5.41) is 9.19. The van der Waals surface area contributed by atoms with E-state index < -0.39 is 0 Å². The Morgan fingerprint density at radius 2 is 1.89 bits per heavy atom. The van der Waals surface area contributed by atoms with Crippen LogP contribution in [0.15, 0.2) is 24.3 Å². The van der Waals surface area contributed by atoms with Crippen LogP contribution in [-0.2, 0) is 4.74 Å². The van der Waals surface area contributed by atoms with Crippen LogP contribution in [0.25, 0.3) is 0 Å². The van der Waals surface area contributed by atoms with Crippen molar-refractivity contribution in [1.82, 2.24) is 0 Å². The van der Waals surface area contributed by atoms with Crippen LogP contribution in [0, 0.1) is 11.3 Å². The summed E-state index contributed by atoms with van der Waals surface area (Å²) in [5.74, 6) is 0. The van der Waals surface area contributed by atoms with Crippen LogP contribution in [0.2, 0.25) is 0 Å². The molecule has 0 N–H and O–H groups in total. The Morgan fingerprint density at radius 1 is 1.26 bits per heavy atom.